The Morgan fingerprint density at radius 2 is 2.22 bits per heavy atom. The van der Waals surface area contributed by atoms with Crippen molar-refractivity contribution < 1.29 is 4.74 Å². The number of benzene rings is 1. The van der Waals surface area contributed by atoms with E-state index >= 15 is 0 Å². The Hall–Kier alpha value is -2.88. The van der Waals surface area contributed by atoms with Crippen LogP contribution in [0.5, 0.6) is 5.75 Å². The Morgan fingerprint density at radius 3 is 2.78 bits per heavy atom. The van der Waals surface area contributed by atoms with Crippen LogP contribution in [0.25, 0.3) is 5.57 Å². The third-order valence-corrected chi connectivity index (χ3v) is 2.18. The zero-order chi connectivity index (χ0) is 12.8. The minimum atomic E-state index is 0.249. The van der Waals surface area contributed by atoms with Crippen LogP contribution < -0.4 is 10.1 Å². The highest BCUT2D eigenvalue weighted by atomic mass is 16.5. The Balaban J connectivity index is 2.11. The minimum Gasteiger partial charge on any atom is -0.497 e. The van der Waals surface area contributed by atoms with Crippen LogP contribution in [0.1, 0.15) is 5.82 Å². The van der Waals surface area contributed by atoms with E-state index in [1.807, 2.05) is 30.3 Å². The van der Waals surface area contributed by atoms with Gasteiger partial charge in [-0.3, -0.25) is 0 Å². The number of H-pyrrole nitrogens is 1. The summed E-state index contributed by atoms with van der Waals surface area (Å²) in [6.45, 7) is 0. The van der Waals surface area contributed by atoms with Crippen molar-refractivity contribution in [3.63, 3.8) is 0 Å². The lowest BCUT2D eigenvalue weighted by Crippen LogP contribution is -1.93. The summed E-state index contributed by atoms with van der Waals surface area (Å²) in [7, 11) is 1.60. The van der Waals surface area contributed by atoms with Crippen molar-refractivity contribution in [3.05, 3.63) is 36.3 Å². The summed E-state index contributed by atoms with van der Waals surface area (Å²) in [5.41, 5.74) is 1.12. The summed E-state index contributed by atoms with van der Waals surface area (Å²) in [5.74, 6) is 1.02. The van der Waals surface area contributed by atoms with E-state index in [2.05, 4.69) is 25.9 Å². The van der Waals surface area contributed by atoms with Crippen molar-refractivity contribution in [2.45, 2.75) is 0 Å². The first kappa shape index (κ1) is 11.6. The molecular formula is C11H10N6O. The van der Waals surface area contributed by atoms with Gasteiger partial charge in [-0.2, -0.15) is 10.5 Å². The average Bonchev–Trinajstić information content (AvgIpc) is 2.94. The van der Waals surface area contributed by atoms with Gasteiger partial charge >= 0.3 is 0 Å². The zero-order valence-corrected chi connectivity index (χ0v) is 9.58. The Bertz CT molecular complexity index is 567. The monoisotopic (exact) mass is 242 g/mol. The van der Waals surface area contributed by atoms with Crippen molar-refractivity contribution in [2.24, 2.45) is 0 Å². The molecule has 7 nitrogen and oxygen atoms in total. The van der Waals surface area contributed by atoms with Crippen molar-refractivity contribution in [3.8, 4) is 11.8 Å². The van der Waals surface area contributed by atoms with Gasteiger partial charge in [-0.15, -0.1) is 10.2 Å². The number of nitrogens with one attached hydrogen (secondary N) is 2. The van der Waals surface area contributed by atoms with Crippen molar-refractivity contribution in [1.29, 1.82) is 5.26 Å². The van der Waals surface area contributed by atoms with Gasteiger partial charge in [0.15, 0.2) is 0 Å². The molecule has 1 heterocycles. The molecule has 90 valence electrons. The van der Waals surface area contributed by atoms with Crippen LogP contribution in [0.3, 0.4) is 0 Å². The van der Waals surface area contributed by atoms with Gasteiger partial charge in [0.1, 0.15) is 17.4 Å². The molecule has 0 fully saturated rings. The number of nitriles is 1. The second-order valence-electron chi connectivity index (χ2n) is 3.28. The van der Waals surface area contributed by atoms with E-state index in [4.69, 9.17) is 10.00 Å². The average molecular weight is 242 g/mol. The van der Waals surface area contributed by atoms with E-state index < -0.39 is 0 Å². The van der Waals surface area contributed by atoms with Crippen LogP contribution in [0.4, 0.5) is 5.69 Å². The smallest absolute Gasteiger partial charge is 0.216 e. The Labute approximate surface area is 103 Å². The lowest BCUT2D eigenvalue weighted by molar-refractivity contribution is 0.415. The maximum atomic E-state index is 8.96. The van der Waals surface area contributed by atoms with Crippen LogP contribution in [0.2, 0.25) is 0 Å². The molecule has 0 atom stereocenters. The second-order valence-corrected chi connectivity index (χ2v) is 3.28. The Kier molecular flexibility index (Phi) is 3.51. The van der Waals surface area contributed by atoms with E-state index in [1.54, 1.807) is 7.11 Å². The highest BCUT2D eigenvalue weighted by Gasteiger charge is 2.04. The number of nitrogens with zero attached hydrogens (tertiary/aromatic N) is 4. The van der Waals surface area contributed by atoms with Gasteiger partial charge in [-0.1, -0.05) is 0 Å². The van der Waals surface area contributed by atoms with E-state index in [0.29, 0.717) is 5.57 Å². The van der Waals surface area contributed by atoms with Gasteiger partial charge in [0.05, 0.1) is 7.11 Å². The first-order chi connectivity index (χ1) is 8.83. The molecule has 2 aromatic rings. The number of aromatic amines is 1. The third kappa shape index (κ3) is 2.62. The molecule has 0 amide bonds. The number of anilines is 1. The van der Waals surface area contributed by atoms with Crippen molar-refractivity contribution in [2.75, 3.05) is 12.4 Å². The summed E-state index contributed by atoms with van der Waals surface area (Å²) >= 11 is 0. The molecule has 7 heteroatoms. The second kappa shape index (κ2) is 5.45. The maximum Gasteiger partial charge on any atom is 0.216 e. The molecule has 1 aromatic carbocycles. The molecule has 0 saturated heterocycles. The quantitative estimate of drug-likeness (QED) is 0.781. The molecule has 0 saturated carbocycles. The van der Waals surface area contributed by atoms with Gasteiger partial charge in [0.2, 0.25) is 5.82 Å². The predicted octanol–water partition coefficient (Wildman–Crippen LogP) is 1.18. The van der Waals surface area contributed by atoms with E-state index in [0.717, 1.165) is 11.4 Å². The highest BCUT2D eigenvalue weighted by Crippen LogP contribution is 2.16. The number of methoxy groups -OCH3 is 1. The molecule has 0 aliphatic heterocycles. The lowest BCUT2D eigenvalue weighted by Gasteiger charge is -2.03. The summed E-state index contributed by atoms with van der Waals surface area (Å²) < 4.78 is 5.05. The van der Waals surface area contributed by atoms with Crippen LogP contribution in [0.15, 0.2) is 30.5 Å². The van der Waals surface area contributed by atoms with Gasteiger partial charge < -0.3 is 10.1 Å². The van der Waals surface area contributed by atoms with Crippen LogP contribution in [-0.2, 0) is 0 Å². The molecule has 0 aliphatic rings. The van der Waals surface area contributed by atoms with Gasteiger partial charge in [-0.25, -0.2) is 0 Å². The molecule has 0 radical (unpaired) electrons. The first-order valence-electron chi connectivity index (χ1n) is 5.08. The fraction of sp³-hybridized carbons (Fsp3) is 0.0909. The number of hydrogen-bond acceptors (Lipinski definition) is 6. The predicted molar refractivity (Wildman–Crippen MR) is 64.4 cm³/mol. The van der Waals surface area contributed by atoms with Gasteiger partial charge in [-0.05, 0) is 29.5 Å². The maximum absolute atomic E-state index is 8.96. The number of hydrogen-bond donors (Lipinski definition) is 2. The van der Waals surface area contributed by atoms with E-state index in [9.17, 15) is 0 Å². The SMILES string of the molecule is COc1ccc(NC=C(C#N)c2nn[nH]n2)cc1. The normalized spacial score (nSPS) is 10.8. The molecule has 0 aliphatic carbocycles. The number of aromatic nitrogens is 4. The molecule has 0 bridgehead atoms. The van der Waals surface area contributed by atoms with E-state index in [1.165, 1.54) is 6.20 Å². The molecule has 0 unspecified atom stereocenters. The summed E-state index contributed by atoms with van der Waals surface area (Å²) in [6.07, 6.45) is 1.52. The topological polar surface area (TPSA) is 99.5 Å². The third-order valence-electron chi connectivity index (χ3n) is 2.18. The van der Waals surface area contributed by atoms with Crippen LogP contribution >= 0.6 is 0 Å². The van der Waals surface area contributed by atoms with Crippen molar-refractivity contribution >= 4 is 11.3 Å². The van der Waals surface area contributed by atoms with Gasteiger partial charge in [0, 0.05) is 11.9 Å². The first-order valence-corrected chi connectivity index (χ1v) is 5.08. The largest absolute Gasteiger partial charge is 0.497 e. The summed E-state index contributed by atoms with van der Waals surface area (Å²) in [5, 5.41) is 25.1. The molecule has 2 rings (SSSR count). The van der Waals surface area contributed by atoms with Gasteiger partial charge in [0.25, 0.3) is 0 Å². The minimum absolute atomic E-state index is 0.249. The number of tetrazole rings is 1. The summed E-state index contributed by atoms with van der Waals surface area (Å²) in [6, 6.07) is 9.29. The fourth-order valence-electron chi connectivity index (χ4n) is 1.27. The molecule has 0 spiro atoms. The molecular weight excluding hydrogens is 232 g/mol. The molecule has 18 heavy (non-hydrogen) atoms. The Morgan fingerprint density at radius 1 is 1.44 bits per heavy atom. The summed E-state index contributed by atoms with van der Waals surface area (Å²) in [4.78, 5) is 0. The lowest BCUT2D eigenvalue weighted by atomic mass is 10.3. The fourth-order valence-corrected chi connectivity index (χ4v) is 1.27. The zero-order valence-electron chi connectivity index (χ0n) is 9.58. The number of ether oxygens (including phenoxy) is 1. The standard InChI is InChI=1S/C11H10N6O/c1-18-10-4-2-9(3-5-10)13-7-8(6-12)11-14-16-17-15-11/h2-5,7,13H,1H3,(H,14,15,16,17). The number of allylic oxidation sites excluding steroid dienone is 1. The number of rotatable bonds is 4. The van der Waals surface area contributed by atoms with Crippen molar-refractivity contribution in [1.82, 2.24) is 20.6 Å². The molecule has 2 N–H and O–H groups in total. The van der Waals surface area contributed by atoms with E-state index in [-0.39, 0.29) is 5.82 Å². The van der Waals surface area contributed by atoms with Crippen LogP contribution in [0, 0.1) is 11.3 Å². The highest BCUT2D eigenvalue weighted by molar-refractivity contribution is 5.74. The van der Waals surface area contributed by atoms with Crippen LogP contribution in [-0.4, -0.2) is 27.7 Å². The molecule has 1 aromatic heterocycles.